The third-order valence-electron chi connectivity index (χ3n) is 2.50. The lowest BCUT2D eigenvalue weighted by Crippen LogP contribution is -2.39. The van der Waals surface area contributed by atoms with Crippen LogP contribution < -0.4 is 5.32 Å². The molecule has 1 heterocycles. The topological polar surface area (TPSA) is 75.6 Å². The van der Waals surface area contributed by atoms with E-state index >= 15 is 0 Å². The lowest BCUT2D eigenvalue weighted by molar-refractivity contribution is -0.146. The van der Waals surface area contributed by atoms with E-state index in [0.29, 0.717) is 18.6 Å². The lowest BCUT2D eigenvalue weighted by atomic mass is 9.93. The molecule has 0 aliphatic carbocycles. The van der Waals surface area contributed by atoms with E-state index in [2.05, 4.69) is 5.32 Å². The van der Waals surface area contributed by atoms with Gasteiger partial charge in [0.2, 0.25) is 5.91 Å². The molecule has 90 valence electrons. The summed E-state index contributed by atoms with van der Waals surface area (Å²) in [5.41, 5.74) is -0.376. The van der Waals surface area contributed by atoms with Gasteiger partial charge in [0.25, 0.3) is 0 Å². The van der Waals surface area contributed by atoms with E-state index in [1.54, 1.807) is 13.8 Å². The summed E-state index contributed by atoms with van der Waals surface area (Å²) in [6.45, 7) is 3.89. The Morgan fingerprint density at radius 1 is 1.56 bits per heavy atom. The van der Waals surface area contributed by atoms with Gasteiger partial charge in [-0.1, -0.05) is 0 Å². The van der Waals surface area contributed by atoms with Gasteiger partial charge in [-0.15, -0.1) is 0 Å². The molecule has 2 N–H and O–H groups in total. The molecule has 0 atom stereocenters. The second kappa shape index (κ2) is 5.01. The first-order valence-corrected chi connectivity index (χ1v) is 5.26. The molecule has 0 bridgehead atoms. The average molecular weight is 227 g/mol. The maximum absolute atomic E-state index is 11.6. The number of hydrogen-bond donors (Lipinski definition) is 2. The maximum atomic E-state index is 11.6. The summed E-state index contributed by atoms with van der Waals surface area (Å²) in [6.07, 6.45) is 2.95. The zero-order chi connectivity index (χ0) is 12.2. The fourth-order valence-electron chi connectivity index (χ4n) is 1.22. The fraction of sp³-hybridized carbons (Fsp3) is 0.636. The molecular formula is C11H17NO4. The Morgan fingerprint density at radius 2 is 2.25 bits per heavy atom. The predicted molar refractivity (Wildman–Crippen MR) is 57.7 cm³/mol. The Labute approximate surface area is 94.5 Å². The molecule has 1 amide bonds. The summed E-state index contributed by atoms with van der Waals surface area (Å²) in [6, 6.07) is 0. The van der Waals surface area contributed by atoms with E-state index in [1.165, 1.54) is 6.26 Å². The van der Waals surface area contributed by atoms with Crippen LogP contribution in [0.3, 0.4) is 0 Å². The van der Waals surface area contributed by atoms with E-state index < -0.39 is 11.4 Å². The van der Waals surface area contributed by atoms with Crippen molar-refractivity contribution in [3.05, 3.63) is 11.8 Å². The van der Waals surface area contributed by atoms with Gasteiger partial charge in [-0.3, -0.25) is 9.59 Å². The first-order valence-electron chi connectivity index (χ1n) is 5.26. The number of carboxylic acids is 1. The molecule has 0 saturated heterocycles. The minimum Gasteiger partial charge on any atom is -0.501 e. The number of rotatable bonds is 4. The van der Waals surface area contributed by atoms with Gasteiger partial charge in [0.1, 0.15) is 0 Å². The van der Waals surface area contributed by atoms with Crippen molar-refractivity contribution in [1.82, 2.24) is 5.32 Å². The van der Waals surface area contributed by atoms with Crippen molar-refractivity contribution in [1.29, 1.82) is 0 Å². The van der Waals surface area contributed by atoms with Crippen LogP contribution in [-0.2, 0) is 14.3 Å². The van der Waals surface area contributed by atoms with Crippen molar-refractivity contribution < 1.29 is 19.4 Å². The molecule has 0 saturated carbocycles. The standard InChI is InChI=1S/C11H17NO4/c1-11(2,10(14)15)7-12-9(13)8-4-3-5-16-6-8/h6H,3-5,7H2,1-2H3,(H,12,13)(H,14,15). The Hall–Kier alpha value is -1.52. The maximum Gasteiger partial charge on any atom is 0.310 e. The van der Waals surface area contributed by atoms with Crippen molar-refractivity contribution in [2.45, 2.75) is 26.7 Å². The second-order valence-electron chi connectivity index (χ2n) is 4.49. The second-order valence-corrected chi connectivity index (χ2v) is 4.49. The van der Waals surface area contributed by atoms with E-state index in [-0.39, 0.29) is 12.5 Å². The first-order chi connectivity index (χ1) is 7.43. The molecule has 0 fully saturated rings. The number of carbonyl (C=O) groups is 2. The van der Waals surface area contributed by atoms with Crippen molar-refractivity contribution in [3.8, 4) is 0 Å². The van der Waals surface area contributed by atoms with Crippen molar-refractivity contribution in [2.24, 2.45) is 5.41 Å². The molecule has 5 heteroatoms. The molecule has 5 nitrogen and oxygen atoms in total. The predicted octanol–water partition coefficient (Wildman–Crippen LogP) is 0.908. The highest BCUT2D eigenvalue weighted by Crippen LogP contribution is 2.15. The van der Waals surface area contributed by atoms with Crippen LogP contribution in [0.4, 0.5) is 0 Å². The normalized spacial score (nSPS) is 16.0. The van der Waals surface area contributed by atoms with Gasteiger partial charge in [-0.25, -0.2) is 0 Å². The van der Waals surface area contributed by atoms with Gasteiger partial charge < -0.3 is 15.2 Å². The van der Waals surface area contributed by atoms with Gasteiger partial charge in [-0.2, -0.15) is 0 Å². The fourth-order valence-corrected chi connectivity index (χ4v) is 1.22. The van der Waals surface area contributed by atoms with Gasteiger partial charge >= 0.3 is 5.97 Å². The number of nitrogens with one attached hydrogen (secondary N) is 1. The van der Waals surface area contributed by atoms with E-state index in [9.17, 15) is 9.59 Å². The molecule has 16 heavy (non-hydrogen) atoms. The largest absolute Gasteiger partial charge is 0.501 e. The van der Waals surface area contributed by atoms with Crippen LogP contribution in [0.5, 0.6) is 0 Å². The summed E-state index contributed by atoms with van der Waals surface area (Å²) >= 11 is 0. The van der Waals surface area contributed by atoms with Gasteiger partial charge in [0, 0.05) is 6.54 Å². The Kier molecular flexibility index (Phi) is 3.93. The summed E-state index contributed by atoms with van der Waals surface area (Å²) < 4.78 is 5.04. The summed E-state index contributed by atoms with van der Waals surface area (Å²) in [7, 11) is 0. The first kappa shape index (κ1) is 12.5. The molecule has 0 unspecified atom stereocenters. The number of aliphatic carboxylic acids is 1. The third-order valence-corrected chi connectivity index (χ3v) is 2.50. The minimum absolute atomic E-state index is 0.110. The van der Waals surface area contributed by atoms with Crippen molar-refractivity contribution in [2.75, 3.05) is 13.2 Å². The summed E-state index contributed by atoms with van der Waals surface area (Å²) in [4.78, 5) is 22.4. The van der Waals surface area contributed by atoms with E-state index in [1.807, 2.05) is 0 Å². The zero-order valence-corrected chi connectivity index (χ0v) is 9.58. The van der Waals surface area contributed by atoms with Crippen LogP contribution >= 0.6 is 0 Å². The van der Waals surface area contributed by atoms with Gasteiger partial charge in [0.15, 0.2) is 0 Å². The Balaban J connectivity index is 2.46. The Bertz CT molecular complexity index is 320. The highest BCUT2D eigenvalue weighted by atomic mass is 16.5. The smallest absolute Gasteiger partial charge is 0.310 e. The molecule has 1 aliphatic heterocycles. The molecular weight excluding hydrogens is 210 g/mol. The van der Waals surface area contributed by atoms with Crippen LogP contribution in [0, 0.1) is 5.41 Å². The molecule has 1 aliphatic rings. The number of ether oxygens (including phenoxy) is 1. The molecule has 0 aromatic heterocycles. The van der Waals surface area contributed by atoms with Gasteiger partial charge in [0.05, 0.1) is 23.9 Å². The van der Waals surface area contributed by atoms with E-state index in [4.69, 9.17) is 9.84 Å². The highest BCUT2D eigenvalue weighted by Gasteiger charge is 2.28. The number of carboxylic acid groups (broad SMARTS) is 1. The molecule has 0 aromatic rings. The van der Waals surface area contributed by atoms with Crippen molar-refractivity contribution in [3.63, 3.8) is 0 Å². The molecule has 1 rings (SSSR count). The molecule has 0 aromatic carbocycles. The number of carbonyl (C=O) groups excluding carboxylic acids is 1. The lowest BCUT2D eigenvalue weighted by Gasteiger charge is -2.20. The zero-order valence-electron chi connectivity index (χ0n) is 9.58. The monoisotopic (exact) mass is 227 g/mol. The van der Waals surface area contributed by atoms with Gasteiger partial charge in [-0.05, 0) is 26.7 Å². The summed E-state index contributed by atoms with van der Waals surface area (Å²) in [5.74, 6) is -1.17. The molecule has 0 spiro atoms. The van der Waals surface area contributed by atoms with Crippen LogP contribution in [0.2, 0.25) is 0 Å². The van der Waals surface area contributed by atoms with Crippen LogP contribution in [0.25, 0.3) is 0 Å². The quantitative estimate of drug-likeness (QED) is 0.748. The van der Waals surface area contributed by atoms with Crippen LogP contribution in [0.15, 0.2) is 11.8 Å². The van der Waals surface area contributed by atoms with Crippen LogP contribution in [0.1, 0.15) is 26.7 Å². The molecule has 0 radical (unpaired) electrons. The van der Waals surface area contributed by atoms with Crippen molar-refractivity contribution >= 4 is 11.9 Å². The minimum atomic E-state index is -0.953. The SMILES string of the molecule is CC(C)(CNC(=O)C1=COCCC1)C(=O)O. The average Bonchev–Trinajstić information content (AvgIpc) is 2.27. The number of amides is 1. The Morgan fingerprint density at radius 3 is 2.75 bits per heavy atom. The van der Waals surface area contributed by atoms with Crippen LogP contribution in [-0.4, -0.2) is 30.1 Å². The highest BCUT2D eigenvalue weighted by molar-refractivity contribution is 5.93. The number of hydrogen-bond acceptors (Lipinski definition) is 3. The van der Waals surface area contributed by atoms with E-state index in [0.717, 1.165) is 6.42 Å². The summed E-state index contributed by atoms with van der Waals surface area (Å²) in [5, 5.41) is 11.5. The third kappa shape index (κ3) is 3.25.